The molecule has 0 aromatic heterocycles. The minimum atomic E-state index is 0.0205. The molecule has 2 aromatic rings. The largest absolute Gasteiger partial charge is 0.325 e. The Bertz CT molecular complexity index is 662. The summed E-state index contributed by atoms with van der Waals surface area (Å²) < 4.78 is 0. The molecule has 0 spiro atoms. The maximum atomic E-state index is 12.1. The van der Waals surface area contributed by atoms with Gasteiger partial charge in [0.05, 0.1) is 5.75 Å². The highest BCUT2D eigenvalue weighted by molar-refractivity contribution is 7.99. The average molecular weight is 334 g/mol. The quantitative estimate of drug-likeness (QED) is 0.821. The molecule has 0 unspecified atom stereocenters. The van der Waals surface area contributed by atoms with E-state index in [0.29, 0.717) is 5.75 Å². The number of halogens is 1. The van der Waals surface area contributed by atoms with E-state index in [1.165, 1.54) is 5.56 Å². The van der Waals surface area contributed by atoms with Crippen LogP contribution in [0.25, 0.3) is 0 Å². The first kappa shape index (κ1) is 16.9. The first-order valence-corrected chi connectivity index (χ1v) is 8.69. The van der Waals surface area contributed by atoms with Crippen LogP contribution in [0.1, 0.15) is 22.3 Å². The zero-order valence-corrected chi connectivity index (χ0v) is 14.6. The van der Waals surface area contributed by atoms with E-state index < -0.39 is 0 Å². The highest BCUT2D eigenvalue weighted by atomic mass is 35.5. The fourth-order valence-electron chi connectivity index (χ4n) is 2.42. The van der Waals surface area contributed by atoms with Gasteiger partial charge in [-0.3, -0.25) is 4.79 Å². The summed E-state index contributed by atoms with van der Waals surface area (Å²) in [5.41, 5.74) is 5.39. The summed E-state index contributed by atoms with van der Waals surface area (Å²) in [5, 5.41) is 3.76. The van der Waals surface area contributed by atoms with E-state index in [1.807, 2.05) is 38.1 Å². The van der Waals surface area contributed by atoms with Gasteiger partial charge >= 0.3 is 0 Å². The predicted octanol–water partition coefficient (Wildman–Crippen LogP) is 5.14. The molecular weight excluding hydrogens is 314 g/mol. The van der Waals surface area contributed by atoms with Crippen molar-refractivity contribution >= 4 is 35.0 Å². The van der Waals surface area contributed by atoms with Gasteiger partial charge < -0.3 is 5.32 Å². The summed E-state index contributed by atoms with van der Waals surface area (Å²) in [4.78, 5) is 12.1. The minimum absolute atomic E-state index is 0.0205. The zero-order chi connectivity index (χ0) is 16.1. The molecule has 4 heteroatoms. The van der Waals surface area contributed by atoms with Crippen molar-refractivity contribution in [3.05, 3.63) is 63.7 Å². The van der Waals surface area contributed by atoms with Gasteiger partial charge in [0.25, 0.3) is 0 Å². The molecule has 0 fully saturated rings. The van der Waals surface area contributed by atoms with Crippen LogP contribution < -0.4 is 5.32 Å². The summed E-state index contributed by atoms with van der Waals surface area (Å²) in [5.74, 6) is 1.17. The molecule has 0 atom stereocenters. The van der Waals surface area contributed by atoms with Gasteiger partial charge in [0.1, 0.15) is 0 Å². The molecule has 0 radical (unpaired) electrons. The maximum Gasteiger partial charge on any atom is 0.234 e. The number of carbonyl (C=O) groups excluding carboxylic acids is 1. The Morgan fingerprint density at radius 1 is 1.14 bits per heavy atom. The van der Waals surface area contributed by atoms with E-state index in [-0.39, 0.29) is 5.91 Å². The highest BCUT2D eigenvalue weighted by Gasteiger charge is 2.09. The molecule has 0 aliphatic rings. The van der Waals surface area contributed by atoms with E-state index in [4.69, 9.17) is 11.6 Å². The zero-order valence-electron chi connectivity index (χ0n) is 13.1. The van der Waals surface area contributed by atoms with Crippen molar-refractivity contribution < 1.29 is 4.79 Å². The number of aryl methyl sites for hydroxylation is 3. The summed E-state index contributed by atoms with van der Waals surface area (Å²) in [7, 11) is 0. The second-order valence-electron chi connectivity index (χ2n) is 5.41. The number of benzene rings is 2. The number of amides is 1. The first-order chi connectivity index (χ1) is 10.5. The topological polar surface area (TPSA) is 29.1 Å². The van der Waals surface area contributed by atoms with Gasteiger partial charge in [-0.1, -0.05) is 47.5 Å². The third-order valence-electron chi connectivity index (χ3n) is 3.39. The standard InChI is InChI=1S/C18H20ClNOS/c1-12-8-13(2)18(14(3)9-12)20-17(21)11-22-10-15-6-4-5-7-16(15)19/h4-9H,10-11H2,1-3H3,(H,20,21). The first-order valence-electron chi connectivity index (χ1n) is 7.16. The van der Waals surface area contributed by atoms with E-state index in [9.17, 15) is 4.79 Å². The van der Waals surface area contributed by atoms with Crippen LogP contribution in [0, 0.1) is 20.8 Å². The molecule has 1 amide bonds. The number of rotatable bonds is 5. The molecule has 0 bridgehead atoms. The molecule has 116 valence electrons. The Hall–Kier alpha value is -1.45. The second-order valence-corrected chi connectivity index (χ2v) is 6.80. The van der Waals surface area contributed by atoms with Crippen LogP contribution in [0.4, 0.5) is 5.69 Å². The van der Waals surface area contributed by atoms with Crippen LogP contribution in [-0.4, -0.2) is 11.7 Å². The molecule has 0 saturated heterocycles. The van der Waals surface area contributed by atoms with Crippen molar-refractivity contribution in [3.63, 3.8) is 0 Å². The number of carbonyl (C=O) groups is 1. The second kappa shape index (κ2) is 7.70. The van der Waals surface area contributed by atoms with Crippen LogP contribution in [-0.2, 0) is 10.5 Å². The van der Waals surface area contributed by atoms with Crippen molar-refractivity contribution in [2.24, 2.45) is 0 Å². The van der Waals surface area contributed by atoms with E-state index in [2.05, 4.69) is 24.4 Å². The summed E-state index contributed by atoms with van der Waals surface area (Å²) in [6, 6.07) is 11.9. The summed E-state index contributed by atoms with van der Waals surface area (Å²) in [6.45, 7) is 6.10. The van der Waals surface area contributed by atoms with Crippen LogP contribution in [0.2, 0.25) is 5.02 Å². The molecular formula is C18H20ClNOS. The van der Waals surface area contributed by atoms with Crippen molar-refractivity contribution in [1.82, 2.24) is 0 Å². The number of hydrogen-bond donors (Lipinski definition) is 1. The van der Waals surface area contributed by atoms with Crippen molar-refractivity contribution in [1.29, 1.82) is 0 Å². The molecule has 2 rings (SSSR count). The van der Waals surface area contributed by atoms with E-state index in [0.717, 1.165) is 33.2 Å². The summed E-state index contributed by atoms with van der Waals surface area (Å²) in [6.07, 6.45) is 0. The van der Waals surface area contributed by atoms with E-state index in [1.54, 1.807) is 11.8 Å². The Kier molecular flexibility index (Phi) is 5.92. The third-order valence-corrected chi connectivity index (χ3v) is 4.74. The van der Waals surface area contributed by atoms with Crippen molar-refractivity contribution in [2.45, 2.75) is 26.5 Å². The molecule has 2 nitrogen and oxygen atoms in total. The monoisotopic (exact) mass is 333 g/mol. The number of hydrogen-bond acceptors (Lipinski definition) is 2. The molecule has 0 aliphatic heterocycles. The molecule has 0 saturated carbocycles. The van der Waals surface area contributed by atoms with Crippen LogP contribution >= 0.6 is 23.4 Å². The summed E-state index contributed by atoms with van der Waals surface area (Å²) >= 11 is 7.68. The lowest BCUT2D eigenvalue weighted by molar-refractivity contribution is -0.113. The maximum absolute atomic E-state index is 12.1. The van der Waals surface area contributed by atoms with Gasteiger partial charge in [-0.05, 0) is 43.5 Å². The third kappa shape index (κ3) is 4.52. The lowest BCUT2D eigenvalue weighted by Gasteiger charge is -2.12. The predicted molar refractivity (Wildman–Crippen MR) is 96.9 cm³/mol. The highest BCUT2D eigenvalue weighted by Crippen LogP contribution is 2.23. The van der Waals surface area contributed by atoms with Gasteiger partial charge in [0.15, 0.2) is 0 Å². The van der Waals surface area contributed by atoms with Gasteiger partial charge in [-0.25, -0.2) is 0 Å². The number of thioether (sulfide) groups is 1. The SMILES string of the molecule is Cc1cc(C)c(NC(=O)CSCc2ccccc2Cl)c(C)c1. The van der Waals surface area contributed by atoms with Crippen molar-refractivity contribution in [3.8, 4) is 0 Å². The van der Waals surface area contributed by atoms with Gasteiger partial charge in [0.2, 0.25) is 5.91 Å². The molecule has 0 heterocycles. The molecule has 22 heavy (non-hydrogen) atoms. The lowest BCUT2D eigenvalue weighted by Crippen LogP contribution is -2.16. The number of nitrogens with one attached hydrogen (secondary N) is 1. The fourth-order valence-corrected chi connectivity index (χ4v) is 3.53. The Morgan fingerprint density at radius 2 is 1.77 bits per heavy atom. The molecule has 1 N–H and O–H groups in total. The Labute approximate surface area is 141 Å². The smallest absolute Gasteiger partial charge is 0.234 e. The minimum Gasteiger partial charge on any atom is -0.325 e. The van der Waals surface area contributed by atoms with E-state index >= 15 is 0 Å². The van der Waals surface area contributed by atoms with Crippen molar-refractivity contribution in [2.75, 3.05) is 11.1 Å². The Balaban J connectivity index is 1.90. The van der Waals surface area contributed by atoms with Gasteiger partial charge in [-0.15, -0.1) is 11.8 Å². The van der Waals surface area contributed by atoms with Crippen LogP contribution in [0.5, 0.6) is 0 Å². The fraction of sp³-hybridized carbons (Fsp3) is 0.278. The molecule has 2 aromatic carbocycles. The van der Waals surface area contributed by atoms with Gasteiger partial charge in [0, 0.05) is 16.5 Å². The van der Waals surface area contributed by atoms with Crippen LogP contribution in [0.3, 0.4) is 0 Å². The molecule has 0 aliphatic carbocycles. The lowest BCUT2D eigenvalue weighted by atomic mass is 10.1. The number of anilines is 1. The van der Waals surface area contributed by atoms with Gasteiger partial charge in [-0.2, -0.15) is 0 Å². The Morgan fingerprint density at radius 3 is 2.41 bits per heavy atom. The normalized spacial score (nSPS) is 10.5. The van der Waals surface area contributed by atoms with Crippen LogP contribution in [0.15, 0.2) is 36.4 Å². The average Bonchev–Trinajstić information content (AvgIpc) is 2.45.